The number of aromatic nitrogens is 1. The summed E-state index contributed by atoms with van der Waals surface area (Å²) in [5, 5.41) is 6.98. The molecule has 3 rings (SSSR count). The lowest BCUT2D eigenvalue weighted by Gasteiger charge is -2.10. The molecule has 0 aliphatic carbocycles. The van der Waals surface area contributed by atoms with Gasteiger partial charge in [-0.15, -0.1) is 23.5 Å². The van der Waals surface area contributed by atoms with Gasteiger partial charge in [0.25, 0.3) is 5.91 Å². The van der Waals surface area contributed by atoms with Gasteiger partial charge in [0.2, 0.25) is 0 Å². The molecule has 152 valence electrons. The number of nitrogens with one attached hydrogen (secondary N) is 1. The van der Waals surface area contributed by atoms with Gasteiger partial charge in [-0.3, -0.25) is 4.79 Å². The maximum atomic E-state index is 12.9. The van der Waals surface area contributed by atoms with Crippen molar-refractivity contribution in [3.63, 3.8) is 0 Å². The lowest BCUT2D eigenvalue weighted by Crippen LogP contribution is -2.25. The summed E-state index contributed by atoms with van der Waals surface area (Å²) in [4.78, 5) is 14.6. The zero-order valence-electron chi connectivity index (χ0n) is 16.4. The summed E-state index contributed by atoms with van der Waals surface area (Å²) < 4.78 is 18.1. The summed E-state index contributed by atoms with van der Waals surface area (Å²) >= 11 is 3.26. The predicted molar refractivity (Wildman–Crippen MR) is 116 cm³/mol. The van der Waals surface area contributed by atoms with Gasteiger partial charge in [0, 0.05) is 27.7 Å². The largest absolute Gasteiger partial charge is 0.361 e. The molecule has 1 heterocycles. The molecule has 1 N–H and O–H groups in total. The van der Waals surface area contributed by atoms with E-state index < -0.39 is 0 Å². The minimum Gasteiger partial charge on any atom is -0.361 e. The van der Waals surface area contributed by atoms with Gasteiger partial charge < -0.3 is 9.84 Å². The number of hydrogen-bond donors (Lipinski definition) is 1. The van der Waals surface area contributed by atoms with Crippen molar-refractivity contribution in [2.24, 2.45) is 0 Å². The van der Waals surface area contributed by atoms with Crippen LogP contribution < -0.4 is 5.32 Å². The smallest absolute Gasteiger partial charge is 0.252 e. The molecule has 0 aliphatic rings. The van der Waals surface area contributed by atoms with Crippen molar-refractivity contribution in [3.8, 4) is 0 Å². The summed E-state index contributed by atoms with van der Waals surface area (Å²) in [5.74, 6) is 2.08. The number of amides is 1. The van der Waals surface area contributed by atoms with Crippen molar-refractivity contribution in [1.82, 2.24) is 10.5 Å². The highest BCUT2D eigenvalue weighted by Crippen LogP contribution is 2.28. The molecule has 0 spiro atoms. The van der Waals surface area contributed by atoms with Crippen molar-refractivity contribution < 1.29 is 13.7 Å². The van der Waals surface area contributed by atoms with Gasteiger partial charge in [-0.25, -0.2) is 4.39 Å². The fourth-order valence-corrected chi connectivity index (χ4v) is 4.78. The Kier molecular flexibility index (Phi) is 7.77. The van der Waals surface area contributed by atoms with Crippen molar-refractivity contribution in [2.75, 3.05) is 12.3 Å². The molecule has 0 radical (unpaired) electrons. The SMILES string of the molecule is Cc1noc(C)c1CSc1ccccc1C(=O)NCCCSc1ccc(F)cc1. The summed E-state index contributed by atoms with van der Waals surface area (Å²) in [6.07, 6.45) is 0.835. The Balaban J connectivity index is 1.48. The fraction of sp³-hybridized carbons (Fsp3) is 0.273. The Morgan fingerprint density at radius 2 is 1.86 bits per heavy atom. The molecular formula is C22H23FN2O2S2. The van der Waals surface area contributed by atoms with Crippen molar-refractivity contribution in [2.45, 2.75) is 35.8 Å². The molecule has 3 aromatic rings. The second-order valence-corrected chi connectivity index (χ2v) is 8.68. The number of benzene rings is 2. The summed E-state index contributed by atoms with van der Waals surface area (Å²) in [7, 11) is 0. The molecule has 7 heteroatoms. The lowest BCUT2D eigenvalue weighted by molar-refractivity contribution is 0.0951. The maximum absolute atomic E-state index is 12.9. The van der Waals surface area contributed by atoms with Gasteiger partial charge in [0.15, 0.2) is 0 Å². The van der Waals surface area contributed by atoms with Crippen LogP contribution in [0.5, 0.6) is 0 Å². The Morgan fingerprint density at radius 1 is 1.10 bits per heavy atom. The predicted octanol–water partition coefficient (Wildman–Crippen LogP) is 5.64. The number of nitrogens with zero attached hydrogens (tertiary/aromatic N) is 1. The van der Waals surface area contributed by atoms with Gasteiger partial charge in [0.05, 0.1) is 11.3 Å². The number of aryl methyl sites for hydroxylation is 2. The average molecular weight is 431 g/mol. The first-order chi connectivity index (χ1) is 14.0. The van der Waals surface area contributed by atoms with E-state index in [0.717, 1.165) is 39.0 Å². The lowest BCUT2D eigenvalue weighted by atomic mass is 10.2. The van der Waals surface area contributed by atoms with Crippen LogP contribution in [0.15, 0.2) is 62.8 Å². The number of rotatable bonds is 9. The fourth-order valence-electron chi connectivity index (χ4n) is 2.73. The minimum absolute atomic E-state index is 0.0707. The van der Waals surface area contributed by atoms with E-state index in [-0.39, 0.29) is 11.7 Å². The van der Waals surface area contributed by atoms with E-state index in [0.29, 0.717) is 17.9 Å². The Morgan fingerprint density at radius 3 is 2.59 bits per heavy atom. The second-order valence-electron chi connectivity index (χ2n) is 6.50. The van der Waals surface area contributed by atoms with Crippen LogP contribution in [0.2, 0.25) is 0 Å². The molecule has 0 fully saturated rings. The van der Waals surface area contributed by atoms with Crippen LogP contribution in [0.3, 0.4) is 0 Å². The molecule has 0 saturated heterocycles. The highest BCUT2D eigenvalue weighted by molar-refractivity contribution is 7.99. The number of halogens is 1. The zero-order chi connectivity index (χ0) is 20.6. The van der Waals surface area contributed by atoms with E-state index >= 15 is 0 Å². The molecule has 0 aliphatic heterocycles. The average Bonchev–Trinajstić information content (AvgIpc) is 3.05. The van der Waals surface area contributed by atoms with E-state index in [1.807, 2.05) is 38.1 Å². The van der Waals surface area contributed by atoms with Crippen LogP contribution in [0.25, 0.3) is 0 Å². The first-order valence-electron chi connectivity index (χ1n) is 9.34. The van der Waals surface area contributed by atoms with Gasteiger partial charge in [-0.05, 0) is 62.4 Å². The van der Waals surface area contributed by atoms with E-state index in [4.69, 9.17) is 4.52 Å². The molecule has 4 nitrogen and oxygen atoms in total. The highest BCUT2D eigenvalue weighted by Gasteiger charge is 2.14. The Hall–Kier alpha value is -2.25. The van der Waals surface area contributed by atoms with Crippen LogP contribution in [0, 0.1) is 19.7 Å². The van der Waals surface area contributed by atoms with Gasteiger partial charge >= 0.3 is 0 Å². The molecule has 1 aromatic heterocycles. The van der Waals surface area contributed by atoms with Gasteiger partial charge in [-0.2, -0.15) is 0 Å². The van der Waals surface area contributed by atoms with E-state index in [9.17, 15) is 9.18 Å². The third-order valence-corrected chi connectivity index (χ3v) is 6.57. The molecule has 0 saturated carbocycles. The Bertz CT molecular complexity index is 938. The van der Waals surface area contributed by atoms with Crippen LogP contribution in [0.1, 0.15) is 33.8 Å². The summed E-state index contributed by atoms with van der Waals surface area (Å²) in [6, 6.07) is 14.1. The minimum atomic E-state index is -0.229. The van der Waals surface area contributed by atoms with E-state index in [1.165, 1.54) is 12.1 Å². The highest BCUT2D eigenvalue weighted by atomic mass is 32.2. The monoisotopic (exact) mass is 430 g/mol. The van der Waals surface area contributed by atoms with Crippen LogP contribution >= 0.6 is 23.5 Å². The quantitative estimate of drug-likeness (QED) is 0.352. The zero-order valence-corrected chi connectivity index (χ0v) is 18.0. The van der Waals surface area contributed by atoms with Crippen molar-refractivity contribution in [1.29, 1.82) is 0 Å². The number of hydrogen-bond acceptors (Lipinski definition) is 5. The second kappa shape index (κ2) is 10.5. The number of thioether (sulfide) groups is 2. The number of carbonyl (C=O) groups is 1. The van der Waals surface area contributed by atoms with Crippen LogP contribution in [-0.2, 0) is 5.75 Å². The Labute approximate surface area is 178 Å². The first kappa shape index (κ1) is 21.5. The van der Waals surface area contributed by atoms with Crippen LogP contribution in [0.4, 0.5) is 4.39 Å². The van der Waals surface area contributed by atoms with Crippen molar-refractivity contribution >= 4 is 29.4 Å². The third-order valence-electron chi connectivity index (χ3n) is 4.37. The summed E-state index contributed by atoms with van der Waals surface area (Å²) in [5.41, 5.74) is 2.63. The molecule has 29 heavy (non-hydrogen) atoms. The van der Waals surface area contributed by atoms with Gasteiger partial charge in [-0.1, -0.05) is 17.3 Å². The van der Waals surface area contributed by atoms with Crippen LogP contribution in [-0.4, -0.2) is 23.4 Å². The topological polar surface area (TPSA) is 55.1 Å². The van der Waals surface area contributed by atoms with Crippen molar-refractivity contribution in [3.05, 3.63) is 76.9 Å². The van der Waals surface area contributed by atoms with Gasteiger partial charge in [0.1, 0.15) is 11.6 Å². The molecule has 0 bridgehead atoms. The van der Waals surface area contributed by atoms with E-state index in [1.54, 1.807) is 35.7 Å². The molecule has 1 amide bonds. The number of carbonyl (C=O) groups excluding carboxylic acids is 1. The molecule has 2 aromatic carbocycles. The normalized spacial score (nSPS) is 10.9. The summed E-state index contributed by atoms with van der Waals surface area (Å²) in [6.45, 7) is 4.42. The molecule has 0 unspecified atom stereocenters. The standard InChI is InChI=1S/C22H23FN2O2S2/c1-15-20(16(2)27-25-15)14-29-21-7-4-3-6-19(21)22(26)24-12-5-13-28-18-10-8-17(23)9-11-18/h3-4,6-11H,5,12-14H2,1-2H3,(H,24,26). The third kappa shape index (κ3) is 6.11. The van der Waals surface area contributed by atoms with E-state index in [2.05, 4.69) is 10.5 Å². The molecule has 0 atom stereocenters. The molecular weight excluding hydrogens is 407 g/mol. The maximum Gasteiger partial charge on any atom is 0.252 e. The first-order valence-corrected chi connectivity index (χ1v) is 11.3.